The number of Topliss-reactive ketones (excluding diaryl/α,β-unsaturated/α-hetero) is 1. The molecular formula is C17H14Cl2NO. The highest BCUT2D eigenvalue weighted by molar-refractivity contribution is 6.42. The summed E-state index contributed by atoms with van der Waals surface area (Å²) in [6, 6.07) is 14.2. The third kappa shape index (κ3) is 3.93. The number of carbonyl (C=O) groups is 1. The summed E-state index contributed by atoms with van der Waals surface area (Å²) in [5.74, 6) is 0.651. The molecule has 2 rings (SSSR count). The van der Waals surface area contributed by atoms with E-state index >= 15 is 0 Å². The minimum absolute atomic E-state index is 0.0656. The highest BCUT2D eigenvalue weighted by Crippen LogP contribution is 2.27. The fraction of sp³-hybridized carbons (Fsp3) is 0.118. The molecule has 0 bridgehead atoms. The van der Waals surface area contributed by atoms with Crippen LogP contribution in [0.15, 0.2) is 48.5 Å². The van der Waals surface area contributed by atoms with E-state index in [-0.39, 0.29) is 17.9 Å². The Kier molecular flexibility index (Phi) is 5.16. The molecule has 0 saturated heterocycles. The molecule has 2 nitrogen and oxygen atoms in total. The molecule has 0 aromatic heterocycles. The largest absolute Gasteiger partial charge is 0.308 e. The van der Waals surface area contributed by atoms with E-state index in [9.17, 15) is 4.79 Å². The molecule has 0 unspecified atom stereocenters. The van der Waals surface area contributed by atoms with Gasteiger partial charge in [0.15, 0.2) is 5.78 Å². The molecule has 0 aliphatic rings. The first-order valence-electron chi connectivity index (χ1n) is 6.44. The normalized spacial score (nSPS) is 10.7. The molecule has 107 valence electrons. The molecule has 0 aliphatic heterocycles. The molecule has 0 heterocycles. The van der Waals surface area contributed by atoms with Gasteiger partial charge in [0.1, 0.15) is 0 Å². The van der Waals surface area contributed by atoms with Crippen molar-refractivity contribution in [3.8, 4) is 0 Å². The molecule has 4 heteroatoms. The quantitative estimate of drug-likeness (QED) is 0.595. The predicted octanol–water partition coefficient (Wildman–Crippen LogP) is 5.23. The molecule has 0 atom stereocenters. The van der Waals surface area contributed by atoms with Crippen LogP contribution in [0.2, 0.25) is 10.0 Å². The highest BCUT2D eigenvalue weighted by atomic mass is 35.5. The van der Waals surface area contributed by atoms with Crippen molar-refractivity contribution < 1.29 is 4.79 Å². The van der Waals surface area contributed by atoms with Gasteiger partial charge in [0.05, 0.1) is 10.0 Å². The average molecular weight is 319 g/mol. The molecule has 0 aliphatic carbocycles. The number of carbonyl (C=O) groups excluding carboxylic acids is 1. The molecule has 2 aromatic rings. The second-order valence-electron chi connectivity index (χ2n) is 4.70. The second-order valence-corrected chi connectivity index (χ2v) is 5.51. The fourth-order valence-corrected chi connectivity index (χ4v) is 2.22. The van der Waals surface area contributed by atoms with Crippen LogP contribution in [0.25, 0.3) is 0 Å². The Bertz CT molecular complexity index is 668. The Hall–Kier alpha value is -1.64. The van der Waals surface area contributed by atoms with Gasteiger partial charge in [-0.1, -0.05) is 59.6 Å². The number of halogens is 2. The van der Waals surface area contributed by atoms with Crippen LogP contribution in [-0.4, -0.2) is 11.5 Å². The van der Waals surface area contributed by atoms with Crippen LogP contribution in [0.5, 0.6) is 0 Å². The number of nitrogens with one attached hydrogen (secondary N) is 1. The van der Waals surface area contributed by atoms with Crippen molar-refractivity contribution in [2.45, 2.75) is 13.3 Å². The monoisotopic (exact) mass is 318 g/mol. The topological polar surface area (TPSA) is 40.9 Å². The summed E-state index contributed by atoms with van der Waals surface area (Å²) in [5.41, 5.74) is 1.70. The molecule has 0 fully saturated rings. The SMILES string of the molecule is C[C](C(=N)CC(=O)c1ccccc1)c1ccc(Cl)c(Cl)c1. The molecule has 0 amide bonds. The van der Waals surface area contributed by atoms with Gasteiger partial charge in [0.25, 0.3) is 0 Å². The van der Waals surface area contributed by atoms with E-state index in [1.165, 1.54) is 0 Å². The third-order valence-corrected chi connectivity index (χ3v) is 3.98. The molecule has 2 aromatic carbocycles. The molecule has 0 saturated carbocycles. The summed E-state index contributed by atoms with van der Waals surface area (Å²) >= 11 is 11.9. The van der Waals surface area contributed by atoms with Gasteiger partial charge >= 0.3 is 0 Å². The van der Waals surface area contributed by atoms with Crippen LogP contribution in [0.4, 0.5) is 0 Å². The first-order chi connectivity index (χ1) is 9.99. The average Bonchev–Trinajstić information content (AvgIpc) is 2.50. The number of ketones is 1. The van der Waals surface area contributed by atoms with Gasteiger partial charge in [0.2, 0.25) is 0 Å². The van der Waals surface area contributed by atoms with Crippen molar-refractivity contribution in [3.05, 3.63) is 75.6 Å². The number of benzene rings is 2. The van der Waals surface area contributed by atoms with Crippen molar-refractivity contribution in [1.29, 1.82) is 5.41 Å². The van der Waals surface area contributed by atoms with E-state index in [4.69, 9.17) is 28.6 Å². The fourth-order valence-electron chi connectivity index (χ4n) is 1.92. The van der Waals surface area contributed by atoms with E-state index in [1.54, 1.807) is 37.3 Å². The van der Waals surface area contributed by atoms with E-state index in [0.717, 1.165) is 11.5 Å². The zero-order valence-electron chi connectivity index (χ0n) is 11.5. The maximum atomic E-state index is 12.1. The lowest BCUT2D eigenvalue weighted by atomic mass is 9.92. The van der Waals surface area contributed by atoms with Crippen LogP contribution >= 0.6 is 23.2 Å². The van der Waals surface area contributed by atoms with Gasteiger partial charge in [-0.15, -0.1) is 0 Å². The second kappa shape index (κ2) is 6.88. The van der Waals surface area contributed by atoms with Gasteiger partial charge in [-0.3, -0.25) is 4.79 Å². The first-order valence-corrected chi connectivity index (χ1v) is 7.19. The highest BCUT2D eigenvalue weighted by Gasteiger charge is 2.17. The molecular weight excluding hydrogens is 305 g/mol. The molecule has 0 spiro atoms. The van der Waals surface area contributed by atoms with Crippen LogP contribution in [0, 0.1) is 11.3 Å². The first kappa shape index (κ1) is 15.7. The molecule has 21 heavy (non-hydrogen) atoms. The minimum Gasteiger partial charge on any atom is -0.308 e. The van der Waals surface area contributed by atoms with Crippen molar-refractivity contribution >= 4 is 34.7 Å². The zero-order chi connectivity index (χ0) is 15.4. The summed E-state index contributed by atoms with van der Waals surface area (Å²) < 4.78 is 0. The summed E-state index contributed by atoms with van der Waals surface area (Å²) in [5, 5.41) is 9.01. The molecule has 1 radical (unpaired) electrons. The lowest BCUT2D eigenvalue weighted by molar-refractivity contribution is 0.100. The van der Waals surface area contributed by atoms with Crippen molar-refractivity contribution in [3.63, 3.8) is 0 Å². The Morgan fingerprint density at radius 2 is 1.67 bits per heavy atom. The summed E-state index contributed by atoms with van der Waals surface area (Å²) in [4.78, 5) is 12.1. The van der Waals surface area contributed by atoms with E-state index in [1.807, 2.05) is 18.2 Å². The van der Waals surface area contributed by atoms with Crippen molar-refractivity contribution in [2.24, 2.45) is 0 Å². The number of rotatable bonds is 5. The van der Waals surface area contributed by atoms with E-state index in [0.29, 0.717) is 15.6 Å². The van der Waals surface area contributed by atoms with E-state index < -0.39 is 0 Å². The van der Waals surface area contributed by atoms with Crippen molar-refractivity contribution in [2.75, 3.05) is 0 Å². The van der Waals surface area contributed by atoms with Gasteiger partial charge in [0, 0.05) is 23.6 Å². The predicted molar refractivity (Wildman–Crippen MR) is 87.6 cm³/mol. The standard InChI is InChI=1S/C17H14Cl2NO/c1-11(13-7-8-14(18)15(19)9-13)16(20)10-17(21)12-5-3-2-4-6-12/h2-9,20H,10H2,1H3. The Balaban J connectivity index is 2.09. The van der Waals surface area contributed by atoms with Gasteiger partial charge in [-0.05, 0) is 24.6 Å². The minimum atomic E-state index is -0.0694. The Labute approximate surface area is 134 Å². The van der Waals surface area contributed by atoms with Crippen molar-refractivity contribution in [1.82, 2.24) is 0 Å². The number of hydrogen-bond acceptors (Lipinski definition) is 2. The zero-order valence-corrected chi connectivity index (χ0v) is 13.0. The maximum Gasteiger partial charge on any atom is 0.168 e. The lowest BCUT2D eigenvalue weighted by Gasteiger charge is -2.13. The summed E-state index contributed by atoms with van der Waals surface area (Å²) in [7, 11) is 0. The molecule has 1 N–H and O–H groups in total. The Morgan fingerprint density at radius 3 is 2.29 bits per heavy atom. The Morgan fingerprint density at radius 1 is 1.00 bits per heavy atom. The van der Waals surface area contributed by atoms with Gasteiger partial charge < -0.3 is 5.41 Å². The van der Waals surface area contributed by atoms with Gasteiger partial charge in [-0.25, -0.2) is 0 Å². The van der Waals surface area contributed by atoms with Gasteiger partial charge in [-0.2, -0.15) is 0 Å². The maximum absolute atomic E-state index is 12.1. The summed E-state index contributed by atoms with van der Waals surface area (Å²) in [6.45, 7) is 1.81. The van der Waals surface area contributed by atoms with Crippen LogP contribution < -0.4 is 0 Å². The number of hydrogen-bond donors (Lipinski definition) is 1. The lowest BCUT2D eigenvalue weighted by Crippen LogP contribution is -2.14. The third-order valence-electron chi connectivity index (χ3n) is 3.24. The van der Waals surface area contributed by atoms with Crippen LogP contribution in [0.3, 0.4) is 0 Å². The van der Waals surface area contributed by atoms with E-state index in [2.05, 4.69) is 0 Å². The summed E-state index contributed by atoms with van der Waals surface area (Å²) in [6.07, 6.45) is 0.0656. The smallest absolute Gasteiger partial charge is 0.168 e. The van der Waals surface area contributed by atoms with Crippen LogP contribution in [0.1, 0.15) is 29.3 Å². The van der Waals surface area contributed by atoms with Crippen LogP contribution in [-0.2, 0) is 0 Å².